The number of hydrogen-bond donors (Lipinski definition) is 0. The lowest BCUT2D eigenvalue weighted by Gasteiger charge is -2.13. The predicted molar refractivity (Wildman–Crippen MR) is 94.8 cm³/mol. The van der Waals surface area contributed by atoms with Crippen LogP contribution >= 0.6 is 23.2 Å². The molecule has 0 unspecified atom stereocenters. The van der Waals surface area contributed by atoms with Crippen molar-refractivity contribution in [3.8, 4) is 11.5 Å². The summed E-state index contributed by atoms with van der Waals surface area (Å²) in [6.45, 7) is 0.516. The fourth-order valence-corrected chi connectivity index (χ4v) is 3.25. The van der Waals surface area contributed by atoms with Crippen molar-refractivity contribution in [3.05, 3.63) is 52.5 Å². The topological polar surface area (TPSA) is 55.8 Å². The third-order valence-electron chi connectivity index (χ3n) is 3.12. The van der Waals surface area contributed by atoms with Crippen molar-refractivity contribution in [1.82, 2.24) is 4.31 Å². The highest BCUT2D eigenvalue weighted by Crippen LogP contribution is 2.32. The number of sulfonamides is 1. The Morgan fingerprint density at radius 2 is 1.46 bits per heavy atom. The molecule has 24 heavy (non-hydrogen) atoms. The summed E-state index contributed by atoms with van der Waals surface area (Å²) >= 11 is 12.0. The highest BCUT2D eigenvalue weighted by atomic mass is 35.5. The maximum Gasteiger partial charge on any atom is 0.242 e. The molecule has 5 nitrogen and oxygen atoms in total. The van der Waals surface area contributed by atoms with Gasteiger partial charge in [0.1, 0.15) is 19.0 Å². The van der Waals surface area contributed by atoms with Gasteiger partial charge in [-0.2, -0.15) is 0 Å². The predicted octanol–water partition coefficient (Wildman–Crippen LogP) is 3.70. The van der Waals surface area contributed by atoms with Gasteiger partial charge in [0, 0.05) is 14.1 Å². The summed E-state index contributed by atoms with van der Waals surface area (Å²) in [4.78, 5) is 0.207. The van der Waals surface area contributed by atoms with E-state index in [2.05, 4.69) is 0 Å². The van der Waals surface area contributed by atoms with Crippen LogP contribution in [0.4, 0.5) is 0 Å². The van der Waals surface area contributed by atoms with Crippen LogP contribution in [-0.2, 0) is 10.0 Å². The number of halogens is 2. The standard InChI is InChI=1S/C16H17Cl2NO4S/c1-19(2)24(20,21)13-8-6-12(7-9-13)22-10-11-23-16-14(17)4-3-5-15(16)18/h3-9H,10-11H2,1-2H3. The highest BCUT2D eigenvalue weighted by molar-refractivity contribution is 7.89. The van der Waals surface area contributed by atoms with Crippen LogP contribution in [0, 0.1) is 0 Å². The summed E-state index contributed by atoms with van der Waals surface area (Å²) in [5.74, 6) is 0.957. The number of para-hydroxylation sites is 1. The van der Waals surface area contributed by atoms with Gasteiger partial charge in [-0.1, -0.05) is 29.3 Å². The zero-order chi connectivity index (χ0) is 17.7. The number of ether oxygens (including phenoxy) is 2. The first-order chi connectivity index (χ1) is 11.3. The Bertz CT molecular complexity index is 772. The molecule has 0 saturated heterocycles. The second kappa shape index (κ2) is 8.07. The average molecular weight is 390 g/mol. The fraction of sp³-hybridized carbons (Fsp3) is 0.250. The number of nitrogens with zero attached hydrogens (tertiary/aromatic N) is 1. The van der Waals surface area contributed by atoms with Crippen molar-refractivity contribution in [2.45, 2.75) is 4.90 Å². The van der Waals surface area contributed by atoms with E-state index < -0.39 is 10.0 Å². The van der Waals surface area contributed by atoms with E-state index in [1.54, 1.807) is 30.3 Å². The molecule has 0 aliphatic heterocycles. The van der Waals surface area contributed by atoms with E-state index in [0.29, 0.717) is 21.5 Å². The number of rotatable bonds is 7. The second-order valence-corrected chi connectivity index (χ2v) is 7.97. The second-order valence-electron chi connectivity index (χ2n) is 5.01. The van der Waals surface area contributed by atoms with Gasteiger partial charge < -0.3 is 9.47 Å². The van der Waals surface area contributed by atoms with Crippen LogP contribution < -0.4 is 9.47 Å². The summed E-state index contributed by atoms with van der Waals surface area (Å²) in [5, 5.41) is 0.862. The van der Waals surface area contributed by atoms with Gasteiger partial charge in [0.2, 0.25) is 10.0 Å². The summed E-state index contributed by atoms with van der Waals surface area (Å²) in [7, 11) is -0.474. The number of benzene rings is 2. The third-order valence-corrected chi connectivity index (χ3v) is 5.54. The van der Waals surface area contributed by atoms with E-state index in [4.69, 9.17) is 32.7 Å². The summed E-state index contributed by atoms with van der Waals surface area (Å²) in [5.41, 5.74) is 0. The first-order valence-corrected chi connectivity index (χ1v) is 9.24. The Labute approximate surface area is 151 Å². The van der Waals surface area contributed by atoms with Gasteiger partial charge in [0.25, 0.3) is 0 Å². The van der Waals surface area contributed by atoms with Crippen LogP contribution in [0.15, 0.2) is 47.4 Å². The van der Waals surface area contributed by atoms with Crippen molar-refractivity contribution < 1.29 is 17.9 Å². The quantitative estimate of drug-likeness (QED) is 0.677. The molecule has 2 aromatic rings. The Kier molecular flexibility index (Phi) is 6.34. The van der Waals surface area contributed by atoms with Gasteiger partial charge in [-0.25, -0.2) is 12.7 Å². The minimum Gasteiger partial charge on any atom is -0.490 e. The van der Waals surface area contributed by atoms with E-state index in [1.807, 2.05) is 0 Å². The number of hydrogen-bond acceptors (Lipinski definition) is 4. The van der Waals surface area contributed by atoms with Gasteiger partial charge >= 0.3 is 0 Å². The molecule has 2 rings (SSSR count). The van der Waals surface area contributed by atoms with Gasteiger partial charge in [-0.3, -0.25) is 0 Å². The maximum atomic E-state index is 12.0. The zero-order valence-electron chi connectivity index (χ0n) is 13.2. The minimum atomic E-state index is -3.44. The Balaban J connectivity index is 1.89. The molecule has 2 aromatic carbocycles. The molecule has 0 aromatic heterocycles. The molecule has 0 bridgehead atoms. The van der Waals surface area contributed by atoms with E-state index in [9.17, 15) is 8.42 Å². The van der Waals surface area contributed by atoms with Gasteiger partial charge in [-0.05, 0) is 36.4 Å². The molecule has 0 amide bonds. The molecule has 130 valence electrons. The largest absolute Gasteiger partial charge is 0.490 e. The Hall–Kier alpha value is -1.47. The monoisotopic (exact) mass is 389 g/mol. The first-order valence-electron chi connectivity index (χ1n) is 7.04. The van der Waals surface area contributed by atoms with Crippen LogP contribution in [0.5, 0.6) is 11.5 Å². The molecule has 0 aliphatic carbocycles. The van der Waals surface area contributed by atoms with E-state index in [1.165, 1.54) is 26.2 Å². The lowest BCUT2D eigenvalue weighted by Crippen LogP contribution is -2.22. The van der Waals surface area contributed by atoms with Crippen LogP contribution in [-0.4, -0.2) is 40.0 Å². The van der Waals surface area contributed by atoms with Crippen molar-refractivity contribution in [2.24, 2.45) is 0 Å². The van der Waals surface area contributed by atoms with Crippen LogP contribution in [0.25, 0.3) is 0 Å². The highest BCUT2D eigenvalue weighted by Gasteiger charge is 2.16. The molecule has 0 saturated carbocycles. The molecule has 0 fully saturated rings. The van der Waals surface area contributed by atoms with Crippen molar-refractivity contribution in [3.63, 3.8) is 0 Å². The van der Waals surface area contributed by atoms with E-state index >= 15 is 0 Å². The van der Waals surface area contributed by atoms with E-state index in [0.717, 1.165) is 4.31 Å². The van der Waals surface area contributed by atoms with Crippen LogP contribution in [0.2, 0.25) is 10.0 Å². The Morgan fingerprint density at radius 1 is 0.917 bits per heavy atom. The maximum absolute atomic E-state index is 12.0. The Morgan fingerprint density at radius 3 is 2.00 bits per heavy atom. The van der Waals surface area contributed by atoms with Crippen molar-refractivity contribution in [1.29, 1.82) is 0 Å². The molecule has 8 heteroatoms. The normalized spacial score (nSPS) is 11.5. The zero-order valence-corrected chi connectivity index (χ0v) is 15.5. The lowest BCUT2D eigenvalue weighted by molar-refractivity contribution is 0.217. The molecule has 0 N–H and O–H groups in total. The molecule has 0 heterocycles. The summed E-state index contributed by atoms with van der Waals surface area (Å²) in [6, 6.07) is 11.3. The van der Waals surface area contributed by atoms with Crippen LogP contribution in [0.1, 0.15) is 0 Å². The van der Waals surface area contributed by atoms with Crippen molar-refractivity contribution in [2.75, 3.05) is 27.3 Å². The molecule has 0 aliphatic rings. The minimum absolute atomic E-state index is 0.207. The van der Waals surface area contributed by atoms with Gasteiger partial charge in [-0.15, -0.1) is 0 Å². The molecule has 0 atom stereocenters. The van der Waals surface area contributed by atoms with Gasteiger partial charge in [0.15, 0.2) is 5.75 Å². The molecule has 0 spiro atoms. The average Bonchev–Trinajstić information content (AvgIpc) is 2.54. The lowest BCUT2D eigenvalue weighted by atomic mass is 10.3. The van der Waals surface area contributed by atoms with E-state index in [-0.39, 0.29) is 18.1 Å². The smallest absolute Gasteiger partial charge is 0.242 e. The summed E-state index contributed by atoms with van der Waals surface area (Å²) < 4.78 is 36.1. The molecule has 0 radical (unpaired) electrons. The molecular weight excluding hydrogens is 373 g/mol. The van der Waals surface area contributed by atoms with Gasteiger partial charge in [0.05, 0.1) is 14.9 Å². The molecular formula is C16H17Cl2NO4S. The van der Waals surface area contributed by atoms with Crippen molar-refractivity contribution >= 4 is 33.2 Å². The first kappa shape index (κ1) is 18.9. The SMILES string of the molecule is CN(C)S(=O)(=O)c1ccc(OCCOc2c(Cl)cccc2Cl)cc1. The summed E-state index contributed by atoms with van der Waals surface area (Å²) in [6.07, 6.45) is 0. The fourth-order valence-electron chi connectivity index (χ4n) is 1.84. The van der Waals surface area contributed by atoms with Crippen LogP contribution in [0.3, 0.4) is 0 Å². The third kappa shape index (κ3) is 4.54.